The molecule has 0 atom stereocenters. The monoisotopic (exact) mass is 332 g/mol. The molecule has 0 radical (unpaired) electrons. The van der Waals surface area contributed by atoms with Gasteiger partial charge in [0.1, 0.15) is 0 Å². The van der Waals surface area contributed by atoms with Crippen LogP contribution in [0.2, 0.25) is 0 Å². The lowest BCUT2D eigenvalue weighted by molar-refractivity contribution is 0.351. The van der Waals surface area contributed by atoms with E-state index in [0.717, 1.165) is 25.9 Å². The predicted octanol–water partition coefficient (Wildman–Crippen LogP) is 1.13. The van der Waals surface area contributed by atoms with E-state index in [9.17, 15) is 8.42 Å². The second-order valence-corrected chi connectivity index (χ2v) is 6.86. The number of nitrogens with one attached hydrogen (secondary N) is 1. The fourth-order valence-corrected chi connectivity index (χ4v) is 3.50. The molecule has 0 amide bonds. The molecule has 0 aromatic carbocycles. The summed E-state index contributed by atoms with van der Waals surface area (Å²) in [6.07, 6.45) is 2.53. The standard InChI is InChI=1S/C8H17IN2O2S/c1-2-7-14(12,13)10-8-3-5-11(9)6-4-8/h8,10H,2-7H2,1H3. The number of hydrogen-bond donors (Lipinski definition) is 1. The topological polar surface area (TPSA) is 49.4 Å². The summed E-state index contributed by atoms with van der Waals surface area (Å²) in [6.45, 7) is 3.83. The summed E-state index contributed by atoms with van der Waals surface area (Å²) in [4.78, 5) is 0. The summed E-state index contributed by atoms with van der Waals surface area (Å²) in [6, 6.07) is 0.151. The highest BCUT2D eigenvalue weighted by Crippen LogP contribution is 2.14. The number of sulfonamides is 1. The number of hydrogen-bond acceptors (Lipinski definition) is 3. The van der Waals surface area contributed by atoms with E-state index in [-0.39, 0.29) is 11.8 Å². The maximum absolute atomic E-state index is 11.5. The van der Waals surface area contributed by atoms with Crippen molar-refractivity contribution in [1.29, 1.82) is 0 Å². The molecule has 1 aliphatic rings. The third kappa shape index (κ3) is 4.41. The van der Waals surface area contributed by atoms with Crippen molar-refractivity contribution in [2.75, 3.05) is 18.8 Å². The van der Waals surface area contributed by atoms with E-state index in [2.05, 4.69) is 30.7 Å². The van der Waals surface area contributed by atoms with Gasteiger partial charge in [-0.3, -0.25) is 0 Å². The van der Waals surface area contributed by atoms with Gasteiger partial charge in [0.25, 0.3) is 0 Å². The molecule has 0 unspecified atom stereocenters. The van der Waals surface area contributed by atoms with Gasteiger partial charge in [0.05, 0.1) is 5.75 Å². The Morgan fingerprint density at radius 2 is 2.00 bits per heavy atom. The van der Waals surface area contributed by atoms with E-state index in [1.165, 1.54) is 0 Å². The van der Waals surface area contributed by atoms with E-state index in [1.54, 1.807) is 0 Å². The quantitative estimate of drug-likeness (QED) is 0.620. The van der Waals surface area contributed by atoms with Crippen LogP contribution in [0.15, 0.2) is 0 Å². The first-order valence-electron chi connectivity index (χ1n) is 4.94. The molecule has 0 saturated carbocycles. The van der Waals surface area contributed by atoms with Gasteiger partial charge in [0.2, 0.25) is 10.0 Å². The molecule has 0 aromatic rings. The average molecular weight is 332 g/mol. The maximum atomic E-state index is 11.5. The Hall–Kier alpha value is 0.600. The van der Waals surface area contributed by atoms with Gasteiger partial charge in [-0.15, -0.1) is 0 Å². The van der Waals surface area contributed by atoms with Crippen molar-refractivity contribution in [3.63, 3.8) is 0 Å². The van der Waals surface area contributed by atoms with Crippen molar-refractivity contribution in [2.24, 2.45) is 0 Å². The fraction of sp³-hybridized carbons (Fsp3) is 1.00. The average Bonchev–Trinajstić information content (AvgIpc) is 2.08. The van der Waals surface area contributed by atoms with Crippen LogP contribution in [0.1, 0.15) is 26.2 Å². The van der Waals surface area contributed by atoms with Gasteiger partial charge < -0.3 is 0 Å². The summed E-state index contributed by atoms with van der Waals surface area (Å²) in [5.74, 6) is 0.247. The highest BCUT2D eigenvalue weighted by Gasteiger charge is 2.21. The molecule has 0 aromatic heterocycles. The summed E-state index contributed by atoms with van der Waals surface area (Å²) in [5, 5.41) is 0. The van der Waals surface area contributed by atoms with Gasteiger partial charge in [0.15, 0.2) is 0 Å². The zero-order chi connectivity index (χ0) is 10.6. The lowest BCUT2D eigenvalue weighted by atomic mass is 10.1. The van der Waals surface area contributed by atoms with Crippen LogP contribution in [0.4, 0.5) is 0 Å². The SMILES string of the molecule is CCCS(=O)(=O)NC1CCN(I)CC1. The first kappa shape index (κ1) is 12.7. The van der Waals surface area contributed by atoms with E-state index in [4.69, 9.17) is 0 Å². The Morgan fingerprint density at radius 1 is 1.43 bits per heavy atom. The van der Waals surface area contributed by atoms with Crippen LogP contribution >= 0.6 is 22.9 Å². The zero-order valence-corrected chi connectivity index (χ0v) is 11.3. The van der Waals surface area contributed by atoms with Gasteiger partial charge in [-0.2, -0.15) is 0 Å². The lowest BCUT2D eigenvalue weighted by Gasteiger charge is -2.27. The minimum atomic E-state index is -3.02. The molecule has 14 heavy (non-hydrogen) atoms. The highest BCUT2D eigenvalue weighted by molar-refractivity contribution is 14.1. The van der Waals surface area contributed by atoms with Crippen LogP contribution in [0.5, 0.6) is 0 Å². The third-order valence-corrected chi connectivity index (χ3v) is 4.86. The van der Waals surface area contributed by atoms with Crippen molar-refractivity contribution in [3.8, 4) is 0 Å². The summed E-state index contributed by atoms with van der Waals surface area (Å²) in [5.41, 5.74) is 0. The van der Waals surface area contributed by atoms with Crippen molar-refractivity contribution in [2.45, 2.75) is 32.2 Å². The van der Waals surface area contributed by atoms with Crippen molar-refractivity contribution in [3.05, 3.63) is 0 Å². The van der Waals surface area contributed by atoms with Gasteiger partial charge >= 0.3 is 0 Å². The van der Waals surface area contributed by atoms with Crippen molar-refractivity contribution in [1.82, 2.24) is 7.84 Å². The second-order valence-electron chi connectivity index (χ2n) is 3.62. The van der Waals surface area contributed by atoms with Crippen molar-refractivity contribution >= 4 is 32.9 Å². The van der Waals surface area contributed by atoms with Crippen LogP contribution in [0.3, 0.4) is 0 Å². The minimum absolute atomic E-state index is 0.151. The van der Waals surface area contributed by atoms with Crippen LogP contribution < -0.4 is 4.72 Å². The minimum Gasteiger partial charge on any atom is -0.247 e. The number of nitrogens with zero attached hydrogens (tertiary/aromatic N) is 1. The Labute approximate surface area is 100.0 Å². The van der Waals surface area contributed by atoms with E-state index >= 15 is 0 Å². The van der Waals surface area contributed by atoms with Gasteiger partial charge in [-0.05, 0) is 19.3 Å². The largest absolute Gasteiger partial charge is 0.247 e. The molecular formula is C8H17IN2O2S. The molecule has 0 aliphatic carbocycles. The smallest absolute Gasteiger partial charge is 0.211 e. The molecule has 1 fully saturated rings. The molecule has 1 saturated heterocycles. The van der Waals surface area contributed by atoms with Gasteiger partial charge in [0, 0.05) is 42.0 Å². The molecule has 84 valence electrons. The van der Waals surface area contributed by atoms with Crippen molar-refractivity contribution < 1.29 is 8.42 Å². The first-order valence-corrected chi connectivity index (χ1v) is 7.56. The van der Waals surface area contributed by atoms with Crippen LogP contribution in [0, 0.1) is 0 Å². The Morgan fingerprint density at radius 3 is 2.50 bits per heavy atom. The first-order chi connectivity index (χ1) is 6.53. The normalized spacial score (nSPS) is 21.3. The Balaban J connectivity index is 2.37. The Bertz CT molecular complexity index is 261. The molecule has 6 heteroatoms. The van der Waals surface area contributed by atoms with E-state index in [0.29, 0.717) is 6.42 Å². The summed E-state index contributed by atoms with van der Waals surface area (Å²) in [7, 11) is -3.02. The third-order valence-electron chi connectivity index (χ3n) is 2.26. The zero-order valence-electron chi connectivity index (χ0n) is 8.37. The molecular weight excluding hydrogens is 315 g/mol. The number of rotatable bonds is 4. The second kappa shape index (κ2) is 5.62. The molecule has 1 aliphatic heterocycles. The van der Waals surface area contributed by atoms with Crippen LogP contribution in [-0.2, 0) is 10.0 Å². The van der Waals surface area contributed by atoms with Crippen LogP contribution in [-0.4, -0.2) is 36.4 Å². The Kier molecular flexibility index (Phi) is 5.09. The summed E-state index contributed by atoms with van der Waals surface area (Å²) < 4.78 is 27.9. The molecule has 0 spiro atoms. The highest BCUT2D eigenvalue weighted by atomic mass is 127. The molecule has 4 nitrogen and oxygen atoms in total. The lowest BCUT2D eigenvalue weighted by Crippen LogP contribution is -2.42. The molecule has 0 bridgehead atoms. The predicted molar refractivity (Wildman–Crippen MR) is 65.8 cm³/mol. The molecule has 1 N–H and O–H groups in total. The number of piperidine rings is 1. The number of halogens is 1. The van der Waals surface area contributed by atoms with E-state index < -0.39 is 10.0 Å². The maximum Gasteiger partial charge on any atom is 0.211 e. The fourth-order valence-electron chi connectivity index (χ4n) is 1.55. The molecule has 1 rings (SSSR count). The van der Waals surface area contributed by atoms with E-state index in [1.807, 2.05) is 6.92 Å². The van der Waals surface area contributed by atoms with Gasteiger partial charge in [-0.1, -0.05) is 6.92 Å². The van der Waals surface area contributed by atoms with Crippen LogP contribution in [0.25, 0.3) is 0 Å². The summed E-state index contributed by atoms with van der Waals surface area (Å²) >= 11 is 2.28. The molecule has 1 heterocycles. The van der Waals surface area contributed by atoms with Gasteiger partial charge in [-0.25, -0.2) is 16.3 Å².